The number of esters is 1. The van der Waals surface area contributed by atoms with Crippen molar-refractivity contribution in [3.05, 3.63) is 65.9 Å². The Labute approximate surface area is 162 Å². The van der Waals surface area contributed by atoms with Gasteiger partial charge in [-0.3, -0.25) is 4.79 Å². The number of hydrogen-bond acceptors (Lipinski definition) is 5. The van der Waals surface area contributed by atoms with Crippen LogP contribution in [0.15, 0.2) is 59.0 Å². The van der Waals surface area contributed by atoms with Gasteiger partial charge in [-0.05, 0) is 32.0 Å². The van der Waals surface area contributed by atoms with E-state index in [1.54, 1.807) is 37.3 Å². The molecule has 2 aromatic carbocycles. The van der Waals surface area contributed by atoms with Gasteiger partial charge >= 0.3 is 5.97 Å². The molecule has 142 valence electrons. The number of hydrogen-bond donors (Lipinski definition) is 0. The van der Waals surface area contributed by atoms with Crippen molar-refractivity contribution in [3.8, 4) is 6.07 Å². The van der Waals surface area contributed by atoms with Crippen molar-refractivity contribution in [1.82, 2.24) is 0 Å². The summed E-state index contributed by atoms with van der Waals surface area (Å²) in [6.07, 6.45) is -0.858. The fraction of sp³-hybridized carbons (Fsp3) is 0.227. The van der Waals surface area contributed by atoms with Crippen LogP contribution in [0.4, 0.5) is 5.69 Å². The zero-order valence-electron chi connectivity index (χ0n) is 15.7. The van der Waals surface area contributed by atoms with Crippen LogP contribution in [0.5, 0.6) is 0 Å². The predicted molar refractivity (Wildman–Crippen MR) is 105 cm³/mol. The van der Waals surface area contributed by atoms with Crippen LogP contribution in [0.1, 0.15) is 29.5 Å². The molecule has 1 heterocycles. The molecule has 1 amide bonds. The van der Waals surface area contributed by atoms with Gasteiger partial charge in [-0.15, -0.1) is 0 Å². The summed E-state index contributed by atoms with van der Waals surface area (Å²) in [5.41, 5.74) is 1.90. The summed E-state index contributed by atoms with van der Waals surface area (Å²) in [6.45, 7) is 3.50. The second-order valence-electron chi connectivity index (χ2n) is 6.33. The molecule has 0 aliphatic carbocycles. The number of nitrogens with zero attached hydrogens (tertiary/aromatic N) is 2. The van der Waals surface area contributed by atoms with Crippen LogP contribution >= 0.6 is 0 Å². The number of aryl methyl sites for hydroxylation is 1. The van der Waals surface area contributed by atoms with Crippen molar-refractivity contribution in [2.75, 3.05) is 11.4 Å². The van der Waals surface area contributed by atoms with E-state index in [1.165, 1.54) is 11.8 Å². The summed E-state index contributed by atoms with van der Waals surface area (Å²) in [5, 5.41) is 9.72. The Bertz CT molecular complexity index is 1030. The first-order valence-electron chi connectivity index (χ1n) is 8.95. The minimum atomic E-state index is -1.03. The molecular formula is C22H20N2O4. The molecule has 0 N–H and O–H groups in total. The van der Waals surface area contributed by atoms with Crippen molar-refractivity contribution in [3.63, 3.8) is 0 Å². The summed E-state index contributed by atoms with van der Waals surface area (Å²) in [5.74, 6) is -1.00. The molecule has 0 fully saturated rings. The summed E-state index contributed by atoms with van der Waals surface area (Å²) in [7, 11) is 0. The molecular weight excluding hydrogens is 356 g/mol. The van der Waals surface area contributed by atoms with E-state index in [2.05, 4.69) is 0 Å². The number of nitriles is 1. The number of carbonyl (C=O) groups is 2. The quantitative estimate of drug-likeness (QED) is 0.601. The lowest BCUT2D eigenvalue weighted by Crippen LogP contribution is -2.40. The number of rotatable bonds is 6. The summed E-state index contributed by atoms with van der Waals surface area (Å²) < 4.78 is 11.0. The zero-order valence-corrected chi connectivity index (χ0v) is 15.7. The van der Waals surface area contributed by atoms with Crippen molar-refractivity contribution in [2.45, 2.75) is 26.4 Å². The molecule has 0 unspecified atom stereocenters. The van der Waals surface area contributed by atoms with Crippen molar-refractivity contribution >= 4 is 28.5 Å². The van der Waals surface area contributed by atoms with E-state index in [1.807, 2.05) is 30.3 Å². The molecule has 0 radical (unpaired) electrons. The predicted octanol–water partition coefficient (Wildman–Crippen LogP) is 4.23. The van der Waals surface area contributed by atoms with Crippen LogP contribution in [0.3, 0.4) is 0 Å². The first kappa shape index (κ1) is 19.2. The number of benzene rings is 2. The number of ether oxygens (including phenoxy) is 1. The molecule has 0 bridgehead atoms. The van der Waals surface area contributed by atoms with Gasteiger partial charge < -0.3 is 14.1 Å². The Hall–Kier alpha value is -3.59. The number of amides is 1. The topological polar surface area (TPSA) is 83.5 Å². The van der Waals surface area contributed by atoms with Gasteiger partial charge in [-0.1, -0.05) is 36.4 Å². The Balaban J connectivity index is 1.78. The minimum Gasteiger partial charge on any atom is -0.449 e. The fourth-order valence-electron chi connectivity index (χ4n) is 2.99. The Morgan fingerprint density at radius 2 is 1.82 bits per heavy atom. The monoisotopic (exact) mass is 376 g/mol. The van der Waals surface area contributed by atoms with E-state index in [0.717, 1.165) is 5.39 Å². The minimum absolute atomic E-state index is 0.0872. The van der Waals surface area contributed by atoms with Crippen LogP contribution in [-0.2, 0) is 9.53 Å². The highest BCUT2D eigenvalue weighted by molar-refractivity contribution is 6.00. The van der Waals surface area contributed by atoms with Crippen LogP contribution in [0.25, 0.3) is 11.0 Å². The molecule has 28 heavy (non-hydrogen) atoms. The maximum atomic E-state index is 12.9. The largest absolute Gasteiger partial charge is 0.449 e. The van der Waals surface area contributed by atoms with Gasteiger partial charge in [0.25, 0.3) is 5.91 Å². The maximum Gasteiger partial charge on any atom is 0.375 e. The first-order chi connectivity index (χ1) is 13.5. The standard InChI is InChI=1S/C22H20N2O4/c1-15-18-11-6-7-12-19(18)28-20(15)22(26)27-16(2)21(25)24(14-8-13-23)17-9-4-3-5-10-17/h3-7,9-12,16H,8,14H2,1-2H3/t16-/m0/s1. The lowest BCUT2D eigenvalue weighted by molar-refractivity contribution is -0.126. The lowest BCUT2D eigenvalue weighted by Gasteiger charge is -2.24. The second-order valence-corrected chi connectivity index (χ2v) is 6.33. The van der Waals surface area contributed by atoms with Gasteiger partial charge in [-0.25, -0.2) is 4.79 Å². The van der Waals surface area contributed by atoms with Gasteiger partial charge in [0.05, 0.1) is 12.5 Å². The van der Waals surface area contributed by atoms with E-state index >= 15 is 0 Å². The highest BCUT2D eigenvalue weighted by Crippen LogP contribution is 2.26. The fourth-order valence-corrected chi connectivity index (χ4v) is 2.99. The number of anilines is 1. The highest BCUT2D eigenvalue weighted by Gasteiger charge is 2.27. The zero-order chi connectivity index (χ0) is 20.1. The molecule has 3 rings (SSSR count). The van der Waals surface area contributed by atoms with Gasteiger partial charge in [0, 0.05) is 23.2 Å². The van der Waals surface area contributed by atoms with E-state index in [0.29, 0.717) is 16.8 Å². The van der Waals surface area contributed by atoms with Crippen molar-refractivity contribution < 1.29 is 18.7 Å². The lowest BCUT2D eigenvalue weighted by atomic mass is 10.1. The highest BCUT2D eigenvalue weighted by atomic mass is 16.6. The molecule has 1 aromatic heterocycles. The van der Waals surface area contributed by atoms with Crippen LogP contribution in [-0.4, -0.2) is 24.5 Å². The van der Waals surface area contributed by atoms with E-state index in [9.17, 15) is 9.59 Å². The third kappa shape index (κ3) is 3.89. The third-order valence-electron chi connectivity index (χ3n) is 4.44. The number of fused-ring (bicyclic) bond motifs is 1. The summed E-state index contributed by atoms with van der Waals surface area (Å²) in [6, 6.07) is 18.3. The van der Waals surface area contributed by atoms with Gasteiger partial charge in [0.1, 0.15) is 5.58 Å². The van der Waals surface area contributed by atoms with Gasteiger partial charge in [0.15, 0.2) is 6.10 Å². The van der Waals surface area contributed by atoms with E-state index < -0.39 is 18.0 Å². The molecule has 0 spiro atoms. The van der Waals surface area contributed by atoms with E-state index in [-0.39, 0.29) is 18.7 Å². The first-order valence-corrected chi connectivity index (χ1v) is 8.95. The summed E-state index contributed by atoms with van der Waals surface area (Å²) in [4.78, 5) is 26.9. The third-order valence-corrected chi connectivity index (χ3v) is 4.44. The average Bonchev–Trinajstić information content (AvgIpc) is 3.06. The Morgan fingerprint density at radius 3 is 2.50 bits per heavy atom. The van der Waals surface area contributed by atoms with Crippen LogP contribution < -0.4 is 4.90 Å². The summed E-state index contributed by atoms with van der Waals surface area (Å²) >= 11 is 0. The van der Waals surface area contributed by atoms with E-state index in [4.69, 9.17) is 14.4 Å². The van der Waals surface area contributed by atoms with Gasteiger partial charge in [0.2, 0.25) is 5.76 Å². The van der Waals surface area contributed by atoms with Crippen LogP contribution in [0, 0.1) is 18.3 Å². The Morgan fingerprint density at radius 1 is 1.14 bits per heavy atom. The molecule has 1 atom stereocenters. The van der Waals surface area contributed by atoms with Crippen LogP contribution in [0.2, 0.25) is 0 Å². The molecule has 3 aromatic rings. The number of para-hydroxylation sites is 2. The normalized spacial score (nSPS) is 11.6. The maximum absolute atomic E-state index is 12.9. The molecule has 0 saturated heterocycles. The number of furan rings is 1. The average molecular weight is 376 g/mol. The number of carbonyl (C=O) groups excluding carboxylic acids is 2. The Kier molecular flexibility index (Phi) is 5.75. The molecule has 0 aliphatic rings. The van der Waals surface area contributed by atoms with Crippen molar-refractivity contribution in [1.29, 1.82) is 5.26 Å². The van der Waals surface area contributed by atoms with Crippen molar-refractivity contribution in [2.24, 2.45) is 0 Å². The SMILES string of the molecule is Cc1c(C(=O)O[C@@H](C)C(=O)N(CCC#N)c2ccccc2)oc2ccccc12. The molecule has 0 aliphatic heterocycles. The molecule has 0 saturated carbocycles. The second kappa shape index (κ2) is 8.40. The van der Waals surface area contributed by atoms with Gasteiger partial charge in [-0.2, -0.15) is 5.26 Å². The molecule has 6 heteroatoms. The smallest absolute Gasteiger partial charge is 0.375 e. The molecule has 6 nitrogen and oxygen atoms in total.